The van der Waals surface area contributed by atoms with Crippen LogP contribution in [0.15, 0.2) is 53.0 Å². The lowest BCUT2D eigenvalue weighted by Crippen LogP contribution is -2.36. The summed E-state index contributed by atoms with van der Waals surface area (Å²) in [6.45, 7) is 5.47. The van der Waals surface area contributed by atoms with Crippen molar-refractivity contribution in [2.75, 3.05) is 6.61 Å². The third kappa shape index (κ3) is 7.44. The van der Waals surface area contributed by atoms with E-state index in [-0.39, 0.29) is 29.7 Å². The summed E-state index contributed by atoms with van der Waals surface area (Å²) in [6.07, 6.45) is 0. The number of nitro benzene ring substituents is 1. The Morgan fingerprint density at radius 2 is 1.57 bits per heavy atom. The van der Waals surface area contributed by atoms with Gasteiger partial charge in [0.2, 0.25) is 0 Å². The Morgan fingerprint density at radius 3 is 2.03 bits per heavy atom. The highest BCUT2D eigenvalue weighted by atomic mass is 79.9. The number of halogens is 1. The van der Waals surface area contributed by atoms with Gasteiger partial charge in [-0.05, 0) is 49.2 Å². The first-order valence-corrected chi connectivity index (χ1v) is 11.4. The van der Waals surface area contributed by atoms with Gasteiger partial charge in [-0.3, -0.25) is 14.9 Å². The van der Waals surface area contributed by atoms with Gasteiger partial charge in [-0.2, -0.15) is 5.09 Å². The molecular formula is C19H22BrN2O7P. The molecule has 0 radical (unpaired) electrons. The highest BCUT2D eigenvalue weighted by Gasteiger charge is 2.34. The second-order valence-electron chi connectivity index (χ2n) is 6.76. The molecule has 0 saturated heterocycles. The maximum atomic E-state index is 13.4. The van der Waals surface area contributed by atoms with Gasteiger partial charge < -0.3 is 13.8 Å². The van der Waals surface area contributed by atoms with Crippen LogP contribution in [0.2, 0.25) is 0 Å². The van der Waals surface area contributed by atoms with Crippen LogP contribution in [-0.4, -0.2) is 23.5 Å². The second kappa shape index (κ2) is 10.6. The van der Waals surface area contributed by atoms with Crippen LogP contribution in [0.3, 0.4) is 0 Å². The number of carbonyl (C=O) groups excluding carboxylic acids is 1. The molecule has 0 fully saturated rings. The van der Waals surface area contributed by atoms with Crippen molar-refractivity contribution < 1.29 is 28.1 Å². The Hall–Kier alpha value is -2.42. The molecule has 162 valence electrons. The Labute approximate surface area is 182 Å². The molecular weight excluding hydrogens is 479 g/mol. The van der Waals surface area contributed by atoms with E-state index in [0.717, 1.165) is 4.47 Å². The van der Waals surface area contributed by atoms with Crippen LogP contribution in [0.5, 0.6) is 11.5 Å². The zero-order chi connectivity index (χ0) is 22.3. The minimum Gasteiger partial charge on any atom is -0.464 e. The van der Waals surface area contributed by atoms with Crippen LogP contribution in [0.1, 0.15) is 20.8 Å². The molecule has 0 aliphatic carbocycles. The van der Waals surface area contributed by atoms with Crippen molar-refractivity contribution in [3.05, 3.63) is 63.1 Å². The number of esters is 1. The van der Waals surface area contributed by atoms with Crippen molar-refractivity contribution in [2.24, 2.45) is 5.92 Å². The maximum Gasteiger partial charge on any atom is 0.513 e. The first-order valence-electron chi connectivity index (χ1n) is 9.01. The zero-order valence-electron chi connectivity index (χ0n) is 16.6. The molecule has 9 nitrogen and oxygen atoms in total. The number of nitrogens with zero attached hydrogens (tertiary/aromatic N) is 1. The third-order valence-electron chi connectivity index (χ3n) is 3.58. The van der Waals surface area contributed by atoms with E-state index < -0.39 is 24.7 Å². The molecule has 30 heavy (non-hydrogen) atoms. The molecule has 11 heteroatoms. The van der Waals surface area contributed by atoms with Crippen LogP contribution in [-0.2, 0) is 14.1 Å². The number of benzene rings is 2. The molecule has 0 aliphatic heterocycles. The molecule has 0 bridgehead atoms. The highest BCUT2D eigenvalue weighted by Crippen LogP contribution is 2.45. The summed E-state index contributed by atoms with van der Waals surface area (Å²) in [6, 6.07) is 10.5. The van der Waals surface area contributed by atoms with Crippen molar-refractivity contribution in [2.45, 2.75) is 26.8 Å². The van der Waals surface area contributed by atoms with E-state index in [4.69, 9.17) is 13.8 Å². The first kappa shape index (κ1) is 23.9. The van der Waals surface area contributed by atoms with Crippen LogP contribution in [0, 0.1) is 16.0 Å². The number of non-ortho nitro benzene ring substituents is 1. The Kier molecular flexibility index (Phi) is 8.40. The number of rotatable bonds is 10. The molecule has 0 aliphatic rings. The van der Waals surface area contributed by atoms with Gasteiger partial charge in [0, 0.05) is 16.6 Å². The summed E-state index contributed by atoms with van der Waals surface area (Å²) < 4.78 is 30.4. The van der Waals surface area contributed by atoms with E-state index >= 15 is 0 Å². The summed E-state index contributed by atoms with van der Waals surface area (Å²) in [5.41, 5.74) is -0.149. The minimum atomic E-state index is -4.11. The highest BCUT2D eigenvalue weighted by molar-refractivity contribution is 9.10. The fraction of sp³-hybridized carbons (Fsp3) is 0.316. The fourth-order valence-corrected chi connectivity index (χ4v) is 3.92. The van der Waals surface area contributed by atoms with Gasteiger partial charge in [0.1, 0.15) is 17.5 Å². The monoisotopic (exact) mass is 500 g/mol. The molecule has 0 heterocycles. The van der Waals surface area contributed by atoms with Crippen molar-refractivity contribution in [1.82, 2.24) is 5.09 Å². The van der Waals surface area contributed by atoms with Crippen LogP contribution < -0.4 is 14.1 Å². The van der Waals surface area contributed by atoms with Crippen molar-refractivity contribution in [3.63, 3.8) is 0 Å². The molecule has 0 saturated carbocycles. The van der Waals surface area contributed by atoms with Crippen LogP contribution >= 0.6 is 23.7 Å². The molecule has 1 unspecified atom stereocenters. The lowest BCUT2D eigenvalue weighted by Gasteiger charge is -2.23. The van der Waals surface area contributed by atoms with Gasteiger partial charge >= 0.3 is 13.7 Å². The SMILES string of the molecule is CC(C)COC(=O)[C@H](C)NP(=O)(Oc1ccc(Br)cc1)Oc1ccc([N+](=O)[O-])cc1. The Balaban J connectivity index is 2.22. The maximum absolute atomic E-state index is 13.4. The van der Waals surface area contributed by atoms with E-state index in [0.29, 0.717) is 0 Å². The van der Waals surface area contributed by atoms with Gasteiger partial charge in [0.25, 0.3) is 5.69 Å². The standard InChI is InChI=1S/C19H22BrN2O7P/c1-13(2)12-27-19(23)14(3)21-30(26,28-17-8-4-15(20)5-9-17)29-18-10-6-16(7-11-18)22(24)25/h4-11,13-14H,12H2,1-3H3,(H,21,26)/t14-,30?/m0/s1. The fourth-order valence-electron chi connectivity index (χ4n) is 2.14. The number of hydrogen-bond donors (Lipinski definition) is 1. The van der Waals surface area contributed by atoms with E-state index in [1.165, 1.54) is 31.2 Å². The number of hydrogen-bond acceptors (Lipinski definition) is 7. The quantitative estimate of drug-likeness (QED) is 0.207. The summed E-state index contributed by atoms with van der Waals surface area (Å²) in [4.78, 5) is 22.4. The number of ether oxygens (including phenoxy) is 1. The predicted molar refractivity (Wildman–Crippen MR) is 114 cm³/mol. The van der Waals surface area contributed by atoms with E-state index in [9.17, 15) is 19.5 Å². The van der Waals surface area contributed by atoms with E-state index in [1.54, 1.807) is 24.3 Å². The topological polar surface area (TPSA) is 117 Å². The van der Waals surface area contributed by atoms with Gasteiger partial charge in [0.05, 0.1) is 11.5 Å². The number of nitro groups is 1. The van der Waals surface area contributed by atoms with Crippen LogP contribution in [0.4, 0.5) is 5.69 Å². The normalized spacial score (nSPS) is 13.9. The third-order valence-corrected chi connectivity index (χ3v) is 5.71. The molecule has 0 aromatic heterocycles. The second-order valence-corrected chi connectivity index (χ2v) is 9.29. The predicted octanol–water partition coefficient (Wildman–Crippen LogP) is 5.10. The smallest absolute Gasteiger partial charge is 0.464 e. The van der Waals surface area contributed by atoms with Crippen molar-refractivity contribution in [3.8, 4) is 11.5 Å². The Morgan fingerprint density at radius 1 is 1.07 bits per heavy atom. The summed E-state index contributed by atoms with van der Waals surface area (Å²) >= 11 is 3.30. The molecule has 2 atom stereocenters. The summed E-state index contributed by atoms with van der Waals surface area (Å²) in [5, 5.41) is 13.4. The van der Waals surface area contributed by atoms with Crippen LogP contribution in [0.25, 0.3) is 0 Å². The molecule has 2 aromatic carbocycles. The summed E-state index contributed by atoms with van der Waals surface area (Å²) in [5.74, 6) is -0.172. The Bertz CT molecular complexity index is 919. The van der Waals surface area contributed by atoms with Crippen molar-refractivity contribution in [1.29, 1.82) is 0 Å². The largest absolute Gasteiger partial charge is 0.513 e. The molecule has 1 N–H and O–H groups in total. The number of nitrogens with one attached hydrogen (secondary N) is 1. The average Bonchev–Trinajstić information content (AvgIpc) is 2.68. The lowest BCUT2D eigenvalue weighted by molar-refractivity contribution is -0.384. The van der Waals surface area contributed by atoms with Gasteiger partial charge in [0.15, 0.2) is 0 Å². The average molecular weight is 501 g/mol. The lowest BCUT2D eigenvalue weighted by atomic mass is 10.2. The van der Waals surface area contributed by atoms with Crippen molar-refractivity contribution >= 4 is 35.3 Å². The number of carbonyl (C=O) groups is 1. The van der Waals surface area contributed by atoms with Gasteiger partial charge in [-0.25, -0.2) is 4.57 Å². The molecule has 2 rings (SSSR count). The zero-order valence-corrected chi connectivity index (χ0v) is 19.1. The molecule has 0 spiro atoms. The molecule has 2 aromatic rings. The van der Waals surface area contributed by atoms with E-state index in [1.807, 2.05) is 13.8 Å². The molecule has 0 amide bonds. The van der Waals surface area contributed by atoms with Gasteiger partial charge in [-0.15, -0.1) is 0 Å². The van der Waals surface area contributed by atoms with E-state index in [2.05, 4.69) is 21.0 Å². The van der Waals surface area contributed by atoms with Gasteiger partial charge in [-0.1, -0.05) is 29.8 Å². The minimum absolute atomic E-state index is 0.0660. The summed E-state index contributed by atoms with van der Waals surface area (Å²) in [7, 11) is -4.11. The first-order chi connectivity index (χ1) is 14.1.